The van der Waals surface area contributed by atoms with Gasteiger partial charge in [0.05, 0.1) is 12.8 Å². The molecule has 0 radical (unpaired) electrons. The van der Waals surface area contributed by atoms with E-state index in [0.29, 0.717) is 5.82 Å². The first-order valence-corrected chi connectivity index (χ1v) is 7.36. The van der Waals surface area contributed by atoms with Crippen molar-refractivity contribution in [3.63, 3.8) is 0 Å². The first-order chi connectivity index (χ1) is 10.2. The lowest BCUT2D eigenvalue weighted by atomic mass is 10.1. The summed E-state index contributed by atoms with van der Waals surface area (Å²) >= 11 is 0. The van der Waals surface area contributed by atoms with E-state index in [4.69, 9.17) is 10.5 Å². The molecule has 0 amide bonds. The molecule has 112 valence electrons. The molecule has 1 fully saturated rings. The highest BCUT2D eigenvalue weighted by atomic mass is 16.5. The van der Waals surface area contributed by atoms with E-state index < -0.39 is 0 Å². The van der Waals surface area contributed by atoms with E-state index in [1.807, 2.05) is 25.2 Å². The minimum atomic E-state index is 0.668. The predicted octanol–water partition coefficient (Wildman–Crippen LogP) is 2.27. The van der Waals surface area contributed by atoms with E-state index in [9.17, 15) is 0 Å². The third-order valence-electron chi connectivity index (χ3n) is 4.08. The maximum absolute atomic E-state index is 5.87. The number of hydrogen-bond acceptors (Lipinski definition) is 4. The van der Waals surface area contributed by atoms with Gasteiger partial charge in [0.2, 0.25) is 0 Å². The molecule has 0 bridgehead atoms. The van der Waals surface area contributed by atoms with E-state index in [1.165, 1.54) is 31.5 Å². The van der Waals surface area contributed by atoms with Crippen molar-refractivity contribution in [3.05, 3.63) is 29.8 Å². The highest BCUT2D eigenvalue weighted by Crippen LogP contribution is 2.28. The topological polar surface area (TPSA) is 56.3 Å². The van der Waals surface area contributed by atoms with Crippen molar-refractivity contribution in [2.75, 3.05) is 25.9 Å². The van der Waals surface area contributed by atoms with Gasteiger partial charge in [0, 0.05) is 30.8 Å². The molecule has 0 spiro atoms. The Balaban J connectivity index is 1.91. The number of ether oxygens (including phenoxy) is 1. The van der Waals surface area contributed by atoms with Crippen molar-refractivity contribution in [2.24, 2.45) is 7.05 Å². The number of hydrogen-bond donors (Lipinski definition) is 1. The van der Waals surface area contributed by atoms with Gasteiger partial charge in [-0.15, -0.1) is 0 Å². The summed E-state index contributed by atoms with van der Waals surface area (Å²) in [6.07, 6.45) is 2.58. The number of nitrogens with two attached hydrogens (primary N) is 1. The molecular formula is C16H22N4O. The van der Waals surface area contributed by atoms with E-state index in [0.717, 1.165) is 23.6 Å². The largest absolute Gasteiger partial charge is 0.496 e. The fourth-order valence-electron chi connectivity index (χ4n) is 2.87. The molecule has 1 aromatic carbocycles. The molecule has 0 atom stereocenters. The fraction of sp³-hybridized carbons (Fsp3) is 0.438. The van der Waals surface area contributed by atoms with Crippen molar-refractivity contribution < 1.29 is 4.74 Å². The van der Waals surface area contributed by atoms with Gasteiger partial charge in [0.1, 0.15) is 11.6 Å². The summed E-state index contributed by atoms with van der Waals surface area (Å²) in [6.45, 7) is 3.27. The average Bonchev–Trinajstić information content (AvgIpc) is 3.10. The molecule has 5 heteroatoms. The molecule has 0 unspecified atom stereocenters. The monoisotopic (exact) mass is 286 g/mol. The summed E-state index contributed by atoms with van der Waals surface area (Å²) in [5.74, 6) is 1.61. The maximum Gasteiger partial charge on any atom is 0.123 e. The molecule has 2 aromatic rings. The van der Waals surface area contributed by atoms with Gasteiger partial charge in [-0.2, -0.15) is 5.10 Å². The number of aryl methyl sites for hydroxylation is 1. The van der Waals surface area contributed by atoms with Gasteiger partial charge in [-0.3, -0.25) is 9.58 Å². The van der Waals surface area contributed by atoms with Crippen LogP contribution in [-0.4, -0.2) is 34.9 Å². The zero-order chi connectivity index (χ0) is 14.8. The summed E-state index contributed by atoms with van der Waals surface area (Å²) in [5, 5.41) is 4.45. The third-order valence-corrected chi connectivity index (χ3v) is 4.08. The molecule has 1 aliphatic rings. The number of rotatable bonds is 4. The van der Waals surface area contributed by atoms with Crippen LogP contribution >= 0.6 is 0 Å². The maximum atomic E-state index is 5.87. The van der Waals surface area contributed by atoms with Crippen molar-refractivity contribution in [2.45, 2.75) is 19.4 Å². The Hall–Kier alpha value is -2.01. The SMILES string of the molecule is COc1ccc(-c2cc(N)n(C)n2)cc1CN1CCCC1. The lowest BCUT2D eigenvalue weighted by Crippen LogP contribution is -2.18. The second-order valence-electron chi connectivity index (χ2n) is 5.59. The van der Waals surface area contributed by atoms with Crippen LogP contribution in [-0.2, 0) is 13.6 Å². The van der Waals surface area contributed by atoms with Crippen LogP contribution in [0.2, 0.25) is 0 Å². The number of nitrogen functional groups attached to an aromatic ring is 1. The van der Waals surface area contributed by atoms with Gasteiger partial charge in [0.25, 0.3) is 0 Å². The van der Waals surface area contributed by atoms with E-state index in [1.54, 1.807) is 11.8 Å². The van der Waals surface area contributed by atoms with Crippen molar-refractivity contribution in [1.82, 2.24) is 14.7 Å². The molecule has 2 heterocycles. The Kier molecular flexibility index (Phi) is 3.84. The Bertz CT molecular complexity index is 610. The van der Waals surface area contributed by atoms with Gasteiger partial charge in [0.15, 0.2) is 0 Å². The van der Waals surface area contributed by atoms with Crippen LogP contribution < -0.4 is 10.5 Å². The molecule has 21 heavy (non-hydrogen) atoms. The number of benzene rings is 1. The van der Waals surface area contributed by atoms with E-state index in [-0.39, 0.29) is 0 Å². The van der Waals surface area contributed by atoms with Crippen LogP contribution in [0.3, 0.4) is 0 Å². The van der Waals surface area contributed by atoms with Crippen LogP contribution in [0, 0.1) is 0 Å². The van der Waals surface area contributed by atoms with Crippen molar-refractivity contribution >= 4 is 5.82 Å². The number of nitrogens with zero attached hydrogens (tertiary/aromatic N) is 3. The minimum absolute atomic E-state index is 0.668. The Morgan fingerprint density at radius 2 is 2.00 bits per heavy atom. The van der Waals surface area contributed by atoms with Gasteiger partial charge >= 0.3 is 0 Å². The first-order valence-electron chi connectivity index (χ1n) is 7.36. The molecule has 0 saturated carbocycles. The minimum Gasteiger partial charge on any atom is -0.496 e. The molecule has 3 rings (SSSR count). The highest BCUT2D eigenvalue weighted by molar-refractivity contribution is 5.64. The predicted molar refractivity (Wildman–Crippen MR) is 84.1 cm³/mol. The highest BCUT2D eigenvalue weighted by Gasteiger charge is 2.15. The first kappa shape index (κ1) is 13.9. The fourth-order valence-corrected chi connectivity index (χ4v) is 2.87. The Morgan fingerprint density at radius 1 is 1.24 bits per heavy atom. The summed E-state index contributed by atoms with van der Waals surface area (Å²) in [4.78, 5) is 2.47. The second-order valence-corrected chi connectivity index (χ2v) is 5.59. The summed E-state index contributed by atoms with van der Waals surface area (Å²) in [5.41, 5.74) is 9.06. The molecule has 1 aliphatic heterocycles. The summed E-state index contributed by atoms with van der Waals surface area (Å²) in [7, 11) is 3.58. The molecule has 5 nitrogen and oxygen atoms in total. The zero-order valence-corrected chi connectivity index (χ0v) is 12.7. The standard InChI is InChI=1S/C16H22N4O/c1-19-16(17)10-14(18-19)12-5-6-15(21-2)13(9-12)11-20-7-3-4-8-20/h5-6,9-10H,3-4,7-8,11,17H2,1-2H3. The number of likely N-dealkylation sites (tertiary alicyclic amines) is 1. The number of aromatic nitrogens is 2. The molecule has 2 N–H and O–H groups in total. The van der Waals surface area contributed by atoms with Crippen LogP contribution in [0.15, 0.2) is 24.3 Å². The quantitative estimate of drug-likeness (QED) is 0.937. The van der Waals surface area contributed by atoms with Crippen molar-refractivity contribution in [3.8, 4) is 17.0 Å². The lowest BCUT2D eigenvalue weighted by Gasteiger charge is -2.17. The summed E-state index contributed by atoms with van der Waals surface area (Å²) < 4.78 is 7.19. The summed E-state index contributed by atoms with van der Waals surface area (Å²) in [6, 6.07) is 8.13. The van der Waals surface area contributed by atoms with Gasteiger partial charge in [-0.1, -0.05) is 0 Å². The van der Waals surface area contributed by atoms with Gasteiger partial charge in [-0.25, -0.2) is 0 Å². The molecule has 1 aromatic heterocycles. The van der Waals surface area contributed by atoms with Crippen LogP contribution in [0.4, 0.5) is 5.82 Å². The van der Waals surface area contributed by atoms with Crippen LogP contribution in [0.5, 0.6) is 5.75 Å². The molecular weight excluding hydrogens is 264 g/mol. The zero-order valence-electron chi connectivity index (χ0n) is 12.7. The average molecular weight is 286 g/mol. The van der Waals surface area contributed by atoms with E-state index in [2.05, 4.69) is 16.1 Å². The Labute approximate surface area is 125 Å². The number of anilines is 1. The smallest absolute Gasteiger partial charge is 0.123 e. The number of methoxy groups -OCH3 is 1. The van der Waals surface area contributed by atoms with E-state index >= 15 is 0 Å². The van der Waals surface area contributed by atoms with Crippen LogP contribution in [0.1, 0.15) is 18.4 Å². The lowest BCUT2D eigenvalue weighted by molar-refractivity contribution is 0.321. The van der Waals surface area contributed by atoms with Crippen molar-refractivity contribution in [1.29, 1.82) is 0 Å². The Morgan fingerprint density at radius 3 is 2.62 bits per heavy atom. The second kappa shape index (κ2) is 5.77. The van der Waals surface area contributed by atoms with Crippen LogP contribution in [0.25, 0.3) is 11.3 Å². The van der Waals surface area contributed by atoms with Gasteiger partial charge in [-0.05, 0) is 44.1 Å². The molecule has 0 aliphatic carbocycles. The normalized spacial score (nSPS) is 15.5. The van der Waals surface area contributed by atoms with Gasteiger partial charge < -0.3 is 10.5 Å². The molecule has 1 saturated heterocycles. The third kappa shape index (κ3) is 2.88.